The van der Waals surface area contributed by atoms with E-state index in [1.54, 1.807) is 0 Å². The number of anilines is 1. The van der Waals surface area contributed by atoms with Gasteiger partial charge >= 0.3 is 0 Å². The van der Waals surface area contributed by atoms with Crippen LogP contribution in [-0.4, -0.2) is 10.8 Å². The van der Waals surface area contributed by atoms with E-state index in [0.29, 0.717) is 0 Å². The fourth-order valence-corrected chi connectivity index (χ4v) is 2.56. The van der Waals surface area contributed by atoms with Gasteiger partial charge in [-0.3, -0.25) is 4.79 Å². The van der Waals surface area contributed by atoms with E-state index < -0.39 is 5.82 Å². The summed E-state index contributed by atoms with van der Waals surface area (Å²) in [5.74, 6) is -0.770. The summed E-state index contributed by atoms with van der Waals surface area (Å²) in [6.07, 6.45) is 0.160. The highest BCUT2D eigenvalue weighted by molar-refractivity contribution is 7.11. The van der Waals surface area contributed by atoms with Crippen molar-refractivity contribution in [1.29, 1.82) is 0 Å². The van der Waals surface area contributed by atoms with Crippen molar-refractivity contribution in [3.63, 3.8) is 0 Å². The summed E-state index contributed by atoms with van der Waals surface area (Å²) >= 11 is 1.48. The van der Waals surface area contributed by atoms with Gasteiger partial charge in [0.1, 0.15) is 10.8 Å². The first kappa shape index (κ1) is 12.7. The number of aromatic nitrogens is 1. The smallest absolute Gasteiger partial charge is 0.171 e. The first-order chi connectivity index (χ1) is 8.49. The van der Waals surface area contributed by atoms with E-state index in [9.17, 15) is 9.18 Å². The first-order valence-electron chi connectivity index (χ1n) is 5.49. The number of carbonyl (C=O) groups excluding carboxylic acids is 1. The molecule has 2 N–H and O–H groups in total. The number of halogens is 1. The molecule has 1 aromatic heterocycles. The van der Waals surface area contributed by atoms with Crippen LogP contribution < -0.4 is 5.73 Å². The van der Waals surface area contributed by atoms with Gasteiger partial charge in [-0.2, -0.15) is 0 Å². The van der Waals surface area contributed by atoms with Crippen LogP contribution >= 0.6 is 11.3 Å². The molecule has 0 atom stereocenters. The summed E-state index contributed by atoms with van der Waals surface area (Å²) < 4.78 is 13.3. The molecule has 3 nitrogen and oxygen atoms in total. The lowest BCUT2D eigenvalue weighted by molar-refractivity contribution is 0.0993. The molecule has 18 heavy (non-hydrogen) atoms. The van der Waals surface area contributed by atoms with Crippen molar-refractivity contribution in [2.75, 3.05) is 5.73 Å². The predicted molar refractivity (Wildman–Crippen MR) is 70.4 cm³/mol. The zero-order valence-electron chi connectivity index (χ0n) is 10.2. The normalized spacial score (nSPS) is 10.6. The SMILES string of the molecule is Cc1nc(CC(=O)c2cccc(F)c2N)sc1C. The zero-order chi connectivity index (χ0) is 13.3. The number of hydrogen-bond acceptors (Lipinski definition) is 4. The fourth-order valence-electron chi connectivity index (χ4n) is 1.63. The van der Waals surface area contributed by atoms with Crippen molar-refractivity contribution in [3.8, 4) is 0 Å². The number of thiazole rings is 1. The Labute approximate surface area is 108 Å². The third-order valence-corrected chi connectivity index (χ3v) is 3.81. The average Bonchev–Trinajstić information content (AvgIpc) is 2.61. The van der Waals surface area contributed by atoms with Crippen molar-refractivity contribution in [3.05, 3.63) is 45.2 Å². The zero-order valence-corrected chi connectivity index (χ0v) is 11.0. The summed E-state index contributed by atoms with van der Waals surface area (Å²) in [6.45, 7) is 3.86. The molecule has 2 rings (SSSR count). The summed E-state index contributed by atoms with van der Waals surface area (Å²) in [7, 11) is 0. The Kier molecular flexibility index (Phi) is 3.43. The van der Waals surface area contributed by atoms with Crippen LogP contribution in [0.4, 0.5) is 10.1 Å². The number of para-hydroxylation sites is 1. The van der Waals surface area contributed by atoms with E-state index in [0.717, 1.165) is 15.6 Å². The molecule has 0 saturated heterocycles. The number of carbonyl (C=O) groups is 1. The van der Waals surface area contributed by atoms with Crippen molar-refractivity contribution in [1.82, 2.24) is 4.98 Å². The fraction of sp³-hybridized carbons (Fsp3) is 0.231. The summed E-state index contributed by atoms with van der Waals surface area (Å²) in [5, 5.41) is 0.735. The largest absolute Gasteiger partial charge is 0.396 e. The maximum Gasteiger partial charge on any atom is 0.171 e. The van der Waals surface area contributed by atoms with E-state index in [4.69, 9.17) is 5.73 Å². The molecule has 0 saturated carbocycles. The predicted octanol–water partition coefficient (Wildman–Crippen LogP) is 2.91. The van der Waals surface area contributed by atoms with Crippen molar-refractivity contribution in [2.45, 2.75) is 20.3 Å². The van der Waals surface area contributed by atoms with E-state index in [2.05, 4.69) is 4.98 Å². The third-order valence-electron chi connectivity index (χ3n) is 2.74. The van der Waals surface area contributed by atoms with Gasteiger partial charge in [0.25, 0.3) is 0 Å². The second kappa shape index (κ2) is 4.86. The lowest BCUT2D eigenvalue weighted by atomic mass is 10.1. The molecular formula is C13H13FN2OS. The standard InChI is InChI=1S/C13H13FN2OS/c1-7-8(2)18-12(16-7)6-11(17)9-4-3-5-10(14)13(9)15/h3-5H,6,15H2,1-2H3. The van der Waals surface area contributed by atoms with Crippen LogP contribution in [0.15, 0.2) is 18.2 Å². The Morgan fingerprint density at radius 1 is 1.44 bits per heavy atom. The number of nitrogens with two attached hydrogens (primary N) is 1. The molecule has 0 aliphatic heterocycles. The Morgan fingerprint density at radius 3 is 2.78 bits per heavy atom. The number of nitrogens with zero attached hydrogens (tertiary/aromatic N) is 1. The van der Waals surface area contributed by atoms with Gasteiger partial charge in [0, 0.05) is 10.4 Å². The second-order valence-electron chi connectivity index (χ2n) is 4.05. The number of Topliss-reactive ketones (excluding diaryl/α,β-unsaturated/α-hetero) is 1. The highest BCUT2D eigenvalue weighted by atomic mass is 32.1. The molecule has 1 aromatic carbocycles. The molecule has 0 bridgehead atoms. The lowest BCUT2D eigenvalue weighted by Crippen LogP contribution is -2.08. The molecule has 0 unspecified atom stereocenters. The number of nitrogen functional groups attached to an aromatic ring is 1. The maximum atomic E-state index is 13.3. The number of rotatable bonds is 3. The molecule has 2 aromatic rings. The van der Waals surface area contributed by atoms with Gasteiger partial charge in [-0.25, -0.2) is 9.37 Å². The van der Waals surface area contributed by atoms with Gasteiger partial charge in [-0.05, 0) is 26.0 Å². The monoisotopic (exact) mass is 264 g/mol. The van der Waals surface area contributed by atoms with Crippen molar-refractivity contribution < 1.29 is 9.18 Å². The van der Waals surface area contributed by atoms with Crippen LogP contribution in [0.1, 0.15) is 25.9 Å². The van der Waals surface area contributed by atoms with Gasteiger partial charge in [0.05, 0.1) is 17.8 Å². The van der Waals surface area contributed by atoms with E-state index in [1.165, 1.54) is 29.5 Å². The molecule has 5 heteroatoms. The van der Waals surface area contributed by atoms with E-state index in [1.807, 2.05) is 13.8 Å². The Balaban J connectivity index is 2.24. The molecule has 1 heterocycles. The quantitative estimate of drug-likeness (QED) is 0.685. The van der Waals surface area contributed by atoms with Crippen LogP contribution in [0.5, 0.6) is 0 Å². The van der Waals surface area contributed by atoms with Crippen LogP contribution in [0.2, 0.25) is 0 Å². The minimum atomic E-state index is -0.563. The van der Waals surface area contributed by atoms with Crippen LogP contribution in [0.3, 0.4) is 0 Å². The molecule has 0 aliphatic rings. The highest BCUT2D eigenvalue weighted by Gasteiger charge is 2.15. The molecule has 0 amide bonds. The first-order valence-corrected chi connectivity index (χ1v) is 6.30. The minimum Gasteiger partial charge on any atom is -0.396 e. The number of aryl methyl sites for hydroxylation is 2. The summed E-state index contributed by atoms with van der Waals surface area (Å²) in [6, 6.07) is 4.26. The van der Waals surface area contributed by atoms with Crippen LogP contribution in [0.25, 0.3) is 0 Å². The molecule has 0 radical (unpaired) electrons. The lowest BCUT2D eigenvalue weighted by Gasteiger charge is -2.03. The number of ketones is 1. The number of hydrogen-bond donors (Lipinski definition) is 1. The van der Waals surface area contributed by atoms with E-state index in [-0.39, 0.29) is 23.5 Å². The molecule has 0 spiro atoms. The Morgan fingerprint density at radius 2 is 2.17 bits per heavy atom. The Bertz CT molecular complexity index is 588. The van der Waals surface area contributed by atoms with Gasteiger partial charge in [0.15, 0.2) is 5.78 Å². The molecule has 94 valence electrons. The van der Waals surface area contributed by atoms with Crippen LogP contribution in [-0.2, 0) is 6.42 Å². The third kappa shape index (κ3) is 2.41. The highest BCUT2D eigenvalue weighted by Crippen LogP contribution is 2.21. The van der Waals surface area contributed by atoms with Gasteiger partial charge < -0.3 is 5.73 Å². The molecular weight excluding hydrogens is 251 g/mol. The van der Waals surface area contributed by atoms with Crippen molar-refractivity contribution in [2.24, 2.45) is 0 Å². The average molecular weight is 264 g/mol. The van der Waals surface area contributed by atoms with Gasteiger partial charge in [-0.1, -0.05) is 6.07 Å². The number of benzene rings is 1. The Hall–Kier alpha value is -1.75. The summed E-state index contributed by atoms with van der Waals surface area (Å²) in [4.78, 5) is 17.4. The minimum absolute atomic E-state index is 0.0903. The van der Waals surface area contributed by atoms with Gasteiger partial charge in [0.2, 0.25) is 0 Å². The van der Waals surface area contributed by atoms with Crippen LogP contribution in [0, 0.1) is 19.7 Å². The van der Waals surface area contributed by atoms with Crippen molar-refractivity contribution >= 4 is 22.8 Å². The molecule has 0 aliphatic carbocycles. The topological polar surface area (TPSA) is 56.0 Å². The van der Waals surface area contributed by atoms with Gasteiger partial charge in [-0.15, -0.1) is 11.3 Å². The summed E-state index contributed by atoms with van der Waals surface area (Å²) in [5.41, 5.74) is 6.62. The van der Waals surface area contributed by atoms with E-state index >= 15 is 0 Å². The molecule has 0 fully saturated rings. The second-order valence-corrected chi connectivity index (χ2v) is 5.34. The maximum absolute atomic E-state index is 13.3.